The Morgan fingerprint density at radius 1 is 0.982 bits per heavy atom. The van der Waals surface area contributed by atoms with E-state index in [2.05, 4.69) is 22.0 Å². The fourth-order valence-corrected chi connectivity index (χ4v) is 9.21. The van der Waals surface area contributed by atoms with E-state index < -0.39 is 29.7 Å². The van der Waals surface area contributed by atoms with Crippen molar-refractivity contribution in [3.05, 3.63) is 58.0 Å². The third-order valence-corrected chi connectivity index (χ3v) is 12.2. The summed E-state index contributed by atoms with van der Waals surface area (Å²) in [6.45, 7) is 4.26. The van der Waals surface area contributed by atoms with Crippen LogP contribution in [0.4, 0.5) is 16.5 Å². The van der Waals surface area contributed by atoms with Gasteiger partial charge in [0.2, 0.25) is 23.6 Å². The van der Waals surface area contributed by atoms with E-state index in [0.29, 0.717) is 43.6 Å². The number of carbonyl (C=O) groups is 6. The van der Waals surface area contributed by atoms with Gasteiger partial charge >= 0.3 is 0 Å². The Kier molecular flexibility index (Phi) is 11.0. The van der Waals surface area contributed by atoms with Crippen molar-refractivity contribution in [2.75, 3.05) is 48.4 Å². The molecule has 14 nitrogen and oxygen atoms in total. The molecule has 0 bridgehead atoms. The Morgan fingerprint density at radius 2 is 1.84 bits per heavy atom. The van der Waals surface area contributed by atoms with Gasteiger partial charge in [-0.1, -0.05) is 18.6 Å². The Bertz CT molecular complexity index is 2080. The lowest BCUT2D eigenvalue weighted by Gasteiger charge is -2.28. The quantitative estimate of drug-likeness (QED) is 0.151. The van der Waals surface area contributed by atoms with E-state index in [9.17, 15) is 28.8 Å². The normalized spacial score (nSPS) is 21.9. The molecule has 4 heterocycles. The Labute approximate surface area is 328 Å². The number of carbonyl (C=O) groups excluding carboxylic acids is 6. The minimum absolute atomic E-state index is 0.0474. The molecular weight excluding hydrogens is 737 g/mol. The number of rotatable bonds is 14. The highest BCUT2D eigenvalue weighted by Gasteiger charge is 2.45. The Hall–Kier alpha value is -4.99. The molecule has 5 aliphatic rings. The molecule has 1 saturated heterocycles. The molecule has 3 fully saturated rings. The van der Waals surface area contributed by atoms with Gasteiger partial charge in [0.05, 0.1) is 42.7 Å². The van der Waals surface area contributed by atoms with Crippen LogP contribution in [0.25, 0.3) is 11.3 Å². The van der Waals surface area contributed by atoms with Gasteiger partial charge in [0.1, 0.15) is 6.04 Å². The number of aryl methyl sites for hydroxylation is 1. The van der Waals surface area contributed by atoms with E-state index in [-0.39, 0.29) is 53.7 Å². The molecule has 0 spiro atoms. The van der Waals surface area contributed by atoms with Crippen LogP contribution < -0.4 is 20.9 Å². The van der Waals surface area contributed by atoms with Gasteiger partial charge in [-0.25, -0.2) is 4.98 Å². The molecule has 1 unspecified atom stereocenters. The van der Waals surface area contributed by atoms with E-state index in [0.717, 1.165) is 78.2 Å². The molecule has 2 aliphatic carbocycles. The van der Waals surface area contributed by atoms with Crippen molar-refractivity contribution in [1.82, 2.24) is 15.2 Å². The standard InChI is InChI=1S/C41H46N6O8S/c1-23-36(27-10-11-31-26(22-27)14-16-46(31)38(51)25-8-9-25)45-41(56-23)44-34(49)21-24-4-2-5-28(20-24)55-19-18-54-17-15-42-30-7-3-6-29-35(30)40(53)47(39(29)52)32-12-13-33(48)43-37(32)50/h3,6-7,10-11,22,24-25,28,32,42H,2,4-5,8-9,12-21H2,1H3,(H,43,48,50)(H,44,45,49)/t24-,28-,32?/m1/s1. The second-order valence-corrected chi connectivity index (χ2v) is 16.5. The topological polar surface area (TPSA) is 176 Å². The van der Waals surface area contributed by atoms with Crippen molar-refractivity contribution in [2.45, 2.75) is 83.3 Å². The zero-order valence-corrected chi connectivity index (χ0v) is 32.2. The van der Waals surface area contributed by atoms with Crippen molar-refractivity contribution < 1.29 is 38.2 Å². The first-order valence-corrected chi connectivity index (χ1v) is 20.5. The number of hydrogen-bond acceptors (Lipinski definition) is 11. The van der Waals surface area contributed by atoms with Gasteiger partial charge in [0, 0.05) is 53.7 Å². The summed E-state index contributed by atoms with van der Waals surface area (Å²) in [5, 5.41) is 9.02. The lowest BCUT2D eigenvalue weighted by Crippen LogP contribution is -2.54. The Morgan fingerprint density at radius 3 is 2.66 bits per heavy atom. The monoisotopic (exact) mass is 782 g/mol. The maximum Gasteiger partial charge on any atom is 0.264 e. The van der Waals surface area contributed by atoms with Crippen molar-refractivity contribution in [3.8, 4) is 11.3 Å². The molecule has 2 aromatic carbocycles. The number of anilines is 3. The third-order valence-electron chi connectivity index (χ3n) is 11.3. The molecule has 8 rings (SSSR count). The van der Waals surface area contributed by atoms with Crippen LogP contribution in [-0.2, 0) is 35.1 Å². The number of hydrogen-bond donors (Lipinski definition) is 3. The molecule has 294 valence electrons. The maximum absolute atomic E-state index is 13.3. The number of aromatic nitrogens is 1. The molecular formula is C41H46N6O8S. The second-order valence-electron chi connectivity index (χ2n) is 15.3. The summed E-state index contributed by atoms with van der Waals surface area (Å²) >= 11 is 1.48. The lowest BCUT2D eigenvalue weighted by molar-refractivity contribution is -0.136. The first-order chi connectivity index (χ1) is 27.1. The zero-order chi connectivity index (χ0) is 38.9. The summed E-state index contributed by atoms with van der Waals surface area (Å²) in [7, 11) is 0. The van der Waals surface area contributed by atoms with Gasteiger partial charge in [-0.15, -0.1) is 11.3 Å². The van der Waals surface area contributed by atoms with Crippen LogP contribution in [0, 0.1) is 18.8 Å². The van der Waals surface area contributed by atoms with E-state index in [1.807, 2.05) is 24.0 Å². The molecule has 1 aromatic heterocycles. The van der Waals surface area contributed by atoms with Gasteiger partial charge in [0.15, 0.2) is 5.13 Å². The number of nitrogens with zero attached hydrogens (tertiary/aromatic N) is 3. The van der Waals surface area contributed by atoms with Crippen LogP contribution in [0.2, 0.25) is 0 Å². The Balaban J connectivity index is 0.748. The predicted molar refractivity (Wildman–Crippen MR) is 208 cm³/mol. The molecule has 0 radical (unpaired) electrons. The van der Waals surface area contributed by atoms with Crippen LogP contribution >= 0.6 is 11.3 Å². The minimum Gasteiger partial charge on any atom is -0.382 e. The van der Waals surface area contributed by atoms with Crippen molar-refractivity contribution in [2.24, 2.45) is 11.8 Å². The highest BCUT2D eigenvalue weighted by atomic mass is 32.1. The number of fused-ring (bicyclic) bond motifs is 2. The second kappa shape index (κ2) is 16.2. The molecule has 56 heavy (non-hydrogen) atoms. The average molecular weight is 783 g/mol. The number of ether oxygens (including phenoxy) is 2. The fraction of sp³-hybridized carbons (Fsp3) is 0.488. The summed E-state index contributed by atoms with van der Waals surface area (Å²) in [6.07, 6.45) is 7.14. The van der Waals surface area contributed by atoms with Crippen LogP contribution in [0.1, 0.15) is 88.9 Å². The summed E-state index contributed by atoms with van der Waals surface area (Å²) in [4.78, 5) is 84.9. The van der Waals surface area contributed by atoms with E-state index >= 15 is 0 Å². The molecule has 3 N–H and O–H groups in total. The fourth-order valence-electron chi connectivity index (χ4n) is 8.35. The maximum atomic E-state index is 13.3. The zero-order valence-electron chi connectivity index (χ0n) is 31.4. The highest BCUT2D eigenvalue weighted by molar-refractivity contribution is 7.16. The van der Waals surface area contributed by atoms with E-state index in [4.69, 9.17) is 14.5 Å². The van der Waals surface area contributed by atoms with Gasteiger partial charge < -0.3 is 25.0 Å². The minimum atomic E-state index is -1.02. The van der Waals surface area contributed by atoms with E-state index in [1.54, 1.807) is 18.2 Å². The number of thiazole rings is 1. The molecule has 15 heteroatoms. The van der Waals surface area contributed by atoms with Crippen LogP contribution in [0.5, 0.6) is 0 Å². The predicted octanol–water partition coefficient (Wildman–Crippen LogP) is 4.85. The van der Waals surface area contributed by atoms with Crippen LogP contribution in [0.3, 0.4) is 0 Å². The first kappa shape index (κ1) is 37.9. The molecule has 3 aromatic rings. The van der Waals surface area contributed by atoms with Gasteiger partial charge in [-0.05, 0) is 87.6 Å². The number of piperidine rings is 1. The van der Waals surface area contributed by atoms with Crippen molar-refractivity contribution >= 4 is 63.3 Å². The summed E-state index contributed by atoms with van der Waals surface area (Å²) < 4.78 is 11.9. The van der Waals surface area contributed by atoms with Gasteiger partial charge in [-0.2, -0.15) is 0 Å². The molecule has 2 saturated carbocycles. The molecule has 3 atom stereocenters. The molecule has 6 amide bonds. The van der Waals surface area contributed by atoms with Gasteiger partial charge in [-0.3, -0.25) is 39.0 Å². The third kappa shape index (κ3) is 7.98. The number of nitrogens with one attached hydrogen (secondary N) is 3. The number of imide groups is 2. The van der Waals surface area contributed by atoms with Gasteiger partial charge in [0.25, 0.3) is 11.8 Å². The van der Waals surface area contributed by atoms with Crippen LogP contribution in [-0.4, -0.2) is 90.4 Å². The number of amides is 6. The highest BCUT2D eigenvalue weighted by Crippen LogP contribution is 2.39. The lowest BCUT2D eigenvalue weighted by atomic mass is 9.85. The van der Waals surface area contributed by atoms with Crippen LogP contribution in [0.15, 0.2) is 36.4 Å². The summed E-state index contributed by atoms with van der Waals surface area (Å²) in [5.41, 5.74) is 4.95. The summed E-state index contributed by atoms with van der Waals surface area (Å²) in [5.74, 6) is -1.56. The number of benzene rings is 2. The van der Waals surface area contributed by atoms with E-state index in [1.165, 1.54) is 16.9 Å². The largest absolute Gasteiger partial charge is 0.382 e. The smallest absolute Gasteiger partial charge is 0.264 e. The molecule has 3 aliphatic heterocycles. The first-order valence-electron chi connectivity index (χ1n) is 19.6. The summed E-state index contributed by atoms with van der Waals surface area (Å²) in [6, 6.07) is 10.1. The SMILES string of the molecule is Cc1sc(NC(=O)C[C@@H]2CCC[C@@H](OCCOCCNc3cccc4c3C(=O)N(C3CCC(=O)NC3=O)C4=O)C2)nc1-c1ccc2c(c1)CCN2C(=O)C1CC1. The average Bonchev–Trinajstić information content (AvgIpc) is 3.77. The van der Waals surface area contributed by atoms with Crippen molar-refractivity contribution in [1.29, 1.82) is 0 Å². The van der Waals surface area contributed by atoms with Crippen molar-refractivity contribution in [3.63, 3.8) is 0 Å².